The fourth-order valence-corrected chi connectivity index (χ4v) is 9.05. The Hall–Kier alpha value is -1.86. The molecule has 0 bridgehead atoms. The predicted octanol–water partition coefficient (Wildman–Crippen LogP) is 12.8. The second-order valence-corrected chi connectivity index (χ2v) is 15.9. The Bertz CT molecular complexity index is 1270. The van der Waals surface area contributed by atoms with Crippen LogP contribution in [0.4, 0.5) is 0 Å². The number of allylic oxidation sites excluding steroid dienone is 2. The number of benzene rings is 2. The molecule has 1 nitrogen and oxygen atoms in total. The molecule has 0 spiro atoms. The maximum Gasteiger partial charge on any atom is 0.0603 e. The molecule has 4 aliphatic rings. The van der Waals surface area contributed by atoms with Crippen LogP contribution in [0.1, 0.15) is 151 Å². The standard InChI is InChI=1S/C22H32.C21H32O.2H2/c1-15-5-8-19(9-6-15)20-10-12-21(13-11-20)22-14-7-16(2)17(3)18(22)4;1-14-5-8-18(9-6-14)21-12-10-19(13-22-21)20-11-7-15(2)16(3)17(20)4;;/h7,12,14-15,19-20H,5-6,8-11,13H2,1-4H3;7,11,14,18-19,21H,5-6,8-10,12-13H2,1-4H3;2*1H/t;14?,18?,19-,21?;;/m.1../s1. The molecule has 246 valence electrons. The lowest BCUT2D eigenvalue weighted by Crippen LogP contribution is -2.33. The van der Waals surface area contributed by atoms with Gasteiger partial charge in [-0.15, -0.1) is 0 Å². The molecule has 1 heteroatoms. The first kappa shape index (κ1) is 33.5. The molecule has 2 aromatic rings. The van der Waals surface area contributed by atoms with Gasteiger partial charge in [0.2, 0.25) is 0 Å². The fourth-order valence-electron chi connectivity index (χ4n) is 9.05. The van der Waals surface area contributed by atoms with Gasteiger partial charge in [-0.05, 0) is 179 Å². The largest absolute Gasteiger partial charge is 0.377 e. The van der Waals surface area contributed by atoms with Gasteiger partial charge in [-0.1, -0.05) is 69.9 Å². The molecule has 0 radical (unpaired) electrons. The zero-order valence-corrected chi connectivity index (χ0v) is 29.7. The summed E-state index contributed by atoms with van der Waals surface area (Å²) < 4.78 is 6.34. The summed E-state index contributed by atoms with van der Waals surface area (Å²) in [6.45, 7) is 19.3. The van der Waals surface area contributed by atoms with Gasteiger partial charge in [-0.25, -0.2) is 0 Å². The minimum absolute atomic E-state index is 0. The number of aryl methyl sites for hydroxylation is 2. The molecule has 1 saturated heterocycles. The Balaban J connectivity index is 0.000000240. The summed E-state index contributed by atoms with van der Waals surface area (Å²) >= 11 is 0. The van der Waals surface area contributed by atoms with Gasteiger partial charge in [0, 0.05) is 8.77 Å². The quantitative estimate of drug-likeness (QED) is 0.339. The number of hydrogen-bond donors (Lipinski definition) is 0. The van der Waals surface area contributed by atoms with E-state index in [4.69, 9.17) is 4.74 Å². The molecular formula is C43H68O. The zero-order chi connectivity index (χ0) is 31.4. The van der Waals surface area contributed by atoms with Crippen LogP contribution in [0, 0.1) is 71.1 Å². The molecule has 0 N–H and O–H groups in total. The van der Waals surface area contributed by atoms with Gasteiger partial charge in [0.15, 0.2) is 0 Å². The maximum atomic E-state index is 6.34. The van der Waals surface area contributed by atoms with Crippen LogP contribution >= 0.6 is 0 Å². The van der Waals surface area contributed by atoms with Crippen LogP contribution in [0.15, 0.2) is 30.3 Å². The first-order valence-corrected chi connectivity index (χ1v) is 18.6. The highest BCUT2D eigenvalue weighted by molar-refractivity contribution is 5.70. The molecule has 44 heavy (non-hydrogen) atoms. The van der Waals surface area contributed by atoms with Crippen LogP contribution in [-0.2, 0) is 4.74 Å². The Morgan fingerprint density at radius 2 is 1.16 bits per heavy atom. The highest BCUT2D eigenvalue weighted by atomic mass is 16.5. The molecule has 6 rings (SSSR count). The first-order valence-electron chi connectivity index (χ1n) is 18.6. The van der Waals surface area contributed by atoms with Gasteiger partial charge in [0.1, 0.15) is 0 Å². The van der Waals surface area contributed by atoms with Crippen molar-refractivity contribution in [1.29, 1.82) is 0 Å². The van der Waals surface area contributed by atoms with Gasteiger partial charge in [-0.3, -0.25) is 0 Å². The SMILES string of the molecule is Cc1ccc(C2=CCC(C3CCC(C)CC3)CC2)c(C)c1C.Cc1ccc([C@@H]2CCC(C3CCC(C)CC3)OC2)c(C)c1C.[HH].[HH]. The maximum absolute atomic E-state index is 6.34. The summed E-state index contributed by atoms with van der Waals surface area (Å²) in [7, 11) is 0. The molecule has 3 atom stereocenters. The third-order valence-electron chi connectivity index (χ3n) is 13.0. The van der Waals surface area contributed by atoms with Crippen molar-refractivity contribution in [2.45, 2.75) is 151 Å². The van der Waals surface area contributed by atoms with Crippen molar-refractivity contribution in [3.8, 4) is 0 Å². The van der Waals surface area contributed by atoms with Crippen molar-refractivity contribution in [2.24, 2.45) is 29.6 Å². The molecule has 0 aromatic heterocycles. The Kier molecular flexibility index (Phi) is 11.5. The third-order valence-corrected chi connectivity index (χ3v) is 13.0. The summed E-state index contributed by atoms with van der Waals surface area (Å²) in [6.07, 6.45) is 21.2. The normalized spacial score (nSPS) is 31.1. The smallest absolute Gasteiger partial charge is 0.0603 e. The van der Waals surface area contributed by atoms with E-state index in [2.05, 4.69) is 85.7 Å². The van der Waals surface area contributed by atoms with Crippen molar-refractivity contribution < 1.29 is 7.59 Å². The summed E-state index contributed by atoms with van der Waals surface area (Å²) in [5.41, 5.74) is 13.4. The van der Waals surface area contributed by atoms with Crippen LogP contribution in [0.3, 0.4) is 0 Å². The summed E-state index contributed by atoms with van der Waals surface area (Å²) in [5, 5.41) is 0. The van der Waals surface area contributed by atoms with Crippen LogP contribution < -0.4 is 0 Å². The molecule has 0 amide bonds. The lowest BCUT2D eigenvalue weighted by atomic mass is 9.71. The zero-order valence-electron chi connectivity index (χ0n) is 29.7. The highest BCUT2D eigenvalue weighted by Crippen LogP contribution is 2.42. The van der Waals surface area contributed by atoms with E-state index in [0.717, 1.165) is 36.2 Å². The van der Waals surface area contributed by atoms with Crippen LogP contribution in [0.25, 0.3) is 5.57 Å². The Morgan fingerprint density at radius 3 is 1.73 bits per heavy atom. The van der Waals surface area contributed by atoms with Gasteiger partial charge in [0.25, 0.3) is 0 Å². The molecule has 3 aliphatic carbocycles. The van der Waals surface area contributed by atoms with Gasteiger partial charge in [-0.2, -0.15) is 0 Å². The van der Waals surface area contributed by atoms with Gasteiger partial charge < -0.3 is 4.74 Å². The second kappa shape index (κ2) is 15.2. The second-order valence-electron chi connectivity index (χ2n) is 15.9. The van der Waals surface area contributed by atoms with Crippen molar-refractivity contribution in [3.63, 3.8) is 0 Å². The van der Waals surface area contributed by atoms with E-state index in [9.17, 15) is 0 Å². The average molecular weight is 601 g/mol. The third kappa shape index (κ3) is 7.92. The van der Waals surface area contributed by atoms with Crippen molar-refractivity contribution in [1.82, 2.24) is 0 Å². The average Bonchev–Trinajstić information content (AvgIpc) is 3.04. The first-order chi connectivity index (χ1) is 21.1. The van der Waals surface area contributed by atoms with E-state index in [1.807, 2.05) is 0 Å². The Morgan fingerprint density at radius 1 is 0.568 bits per heavy atom. The summed E-state index contributed by atoms with van der Waals surface area (Å²) in [5.74, 6) is 5.32. The van der Waals surface area contributed by atoms with Gasteiger partial charge >= 0.3 is 0 Å². The number of hydrogen-bond acceptors (Lipinski definition) is 1. The molecule has 1 aliphatic heterocycles. The predicted molar refractivity (Wildman–Crippen MR) is 195 cm³/mol. The lowest BCUT2D eigenvalue weighted by Gasteiger charge is -2.37. The van der Waals surface area contributed by atoms with Crippen LogP contribution in [0.2, 0.25) is 0 Å². The fraction of sp³-hybridized carbons (Fsp3) is 0.674. The minimum atomic E-state index is 0. The lowest BCUT2D eigenvalue weighted by molar-refractivity contribution is -0.0428. The minimum Gasteiger partial charge on any atom is -0.377 e. The number of ether oxygens (including phenoxy) is 1. The molecule has 1 heterocycles. The van der Waals surface area contributed by atoms with E-state index in [-0.39, 0.29) is 2.85 Å². The van der Waals surface area contributed by atoms with Crippen LogP contribution in [-0.4, -0.2) is 12.7 Å². The van der Waals surface area contributed by atoms with E-state index in [0.29, 0.717) is 12.0 Å². The van der Waals surface area contributed by atoms with Gasteiger partial charge in [0.05, 0.1) is 12.7 Å². The molecule has 3 fully saturated rings. The topological polar surface area (TPSA) is 9.23 Å². The van der Waals surface area contributed by atoms with E-state index < -0.39 is 0 Å². The molecule has 2 aromatic carbocycles. The van der Waals surface area contributed by atoms with Crippen molar-refractivity contribution >= 4 is 5.57 Å². The van der Waals surface area contributed by atoms with Crippen LogP contribution in [0.5, 0.6) is 0 Å². The van der Waals surface area contributed by atoms with Crippen molar-refractivity contribution in [2.75, 3.05) is 6.61 Å². The van der Waals surface area contributed by atoms with E-state index in [1.165, 1.54) is 128 Å². The molecule has 2 saturated carbocycles. The van der Waals surface area contributed by atoms with Crippen molar-refractivity contribution in [3.05, 3.63) is 74.8 Å². The monoisotopic (exact) mass is 601 g/mol. The highest BCUT2D eigenvalue weighted by Gasteiger charge is 2.32. The Labute approximate surface area is 274 Å². The molecule has 2 unspecified atom stereocenters. The van der Waals surface area contributed by atoms with E-state index >= 15 is 0 Å². The summed E-state index contributed by atoms with van der Waals surface area (Å²) in [4.78, 5) is 0. The molecular weight excluding hydrogens is 532 g/mol. The number of rotatable bonds is 4. The summed E-state index contributed by atoms with van der Waals surface area (Å²) in [6, 6.07) is 9.28. The van der Waals surface area contributed by atoms with E-state index in [1.54, 1.807) is 5.57 Å².